The van der Waals surface area contributed by atoms with E-state index in [0.29, 0.717) is 40.3 Å². The van der Waals surface area contributed by atoms with Crippen LogP contribution in [-0.2, 0) is 0 Å². The van der Waals surface area contributed by atoms with Gasteiger partial charge in [-0.1, -0.05) is 11.6 Å². The molecule has 0 atom stereocenters. The van der Waals surface area contributed by atoms with Crippen molar-refractivity contribution >= 4 is 34.8 Å². The van der Waals surface area contributed by atoms with E-state index in [0.717, 1.165) is 5.75 Å². The molecule has 0 saturated heterocycles. The quantitative estimate of drug-likeness (QED) is 0.608. The van der Waals surface area contributed by atoms with Crippen molar-refractivity contribution in [3.8, 4) is 11.5 Å². The SMILES string of the molecule is CCOc1ccc(NC(=O)c2cnc(Nc3cc(Cl)ccc3OC)nc2)cc1. The number of carbonyl (C=O) groups excluding carboxylic acids is 1. The molecule has 28 heavy (non-hydrogen) atoms. The maximum Gasteiger partial charge on any atom is 0.258 e. The highest BCUT2D eigenvalue weighted by Crippen LogP contribution is 2.29. The third kappa shape index (κ3) is 4.89. The fourth-order valence-electron chi connectivity index (χ4n) is 2.41. The molecule has 0 bridgehead atoms. The van der Waals surface area contributed by atoms with Gasteiger partial charge in [-0.25, -0.2) is 9.97 Å². The molecular formula is C20H19ClN4O3. The predicted molar refractivity (Wildman–Crippen MR) is 109 cm³/mol. The maximum absolute atomic E-state index is 12.4. The third-order valence-electron chi connectivity index (χ3n) is 3.75. The number of ether oxygens (including phenoxy) is 2. The summed E-state index contributed by atoms with van der Waals surface area (Å²) in [6, 6.07) is 12.3. The van der Waals surface area contributed by atoms with Crippen molar-refractivity contribution in [2.24, 2.45) is 0 Å². The van der Waals surface area contributed by atoms with Gasteiger partial charge in [0.25, 0.3) is 5.91 Å². The number of nitrogens with one attached hydrogen (secondary N) is 2. The molecule has 1 heterocycles. The van der Waals surface area contributed by atoms with E-state index in [1.165, 1.54) is 12.4 Å². The summed E-state index contributed by atoms with van der Waals surface area (Å²) in [7, 11) is 1.56. The summed E-state index contributed by atoms with van der Waals surface area (Å²) in [5.41, 5.74) is 1.61. The zero-order valence-corrected chi connectivity index (χ0v) is 16.2. The lowest BCUT2D eigenvalue weighted by atomic mass is 10.2. The Morgan fingerprint density at radius 1 is 1.11 bits per heavy atom. The summed E-state index contributed by atoms with van der Waals surface area (Å²) >= 11 is 6.01. The van der Waals surface area contributed by atoms with E-state index < -0.39 is 0 Å². The van der Waals surface area contributed by atoms with Crippen LogP contribution in [0.3, 0.4) is 0 Å². The van der Waals surface area contributed by atoms with Crippen LogP contribution in [0.4, 0.5) is 17.3 Å². The first-order valence-corrected chi connectivity index (χ1v) is 8.93. The number of nitrogens with zero attached hydrogens (tertiary/aromatic N) is 2. The predicted octanol–water partition coefficient (Wildman–Crippen LogP) is 4.53. The number of anilines is 3. The van der Waals surface area contributed by atoms with Gasteiger partial charge in [0.2, 0.25) is 5.95 Å². The van der Waals surface area contributed by atoms with Gasteiger partial charge < -0.3 is 20.1 Å². The second-order valence-corrected chi connectivity index (χ2v) is 6.11. The van der Waals surface area contributed by atoms with Crippen LogP contribution in [0.5, 0.6) is 11.5 Å². The Morgan fingerprint density at radius 3 is 2.46 bits per heavy atom. The second-order valence-electron chi connectivity index (χ2n) is 5.68. The molecule has 0 spiro atoms. The van der Waals surface area contributed by atoms with Crippen LogP contribution < -0.4 is 20.1 Å². The van der Waals surface area contributed by atoms with Crippen LogP contribution in [0.25, 0.3) is 0 Å². The van der Waals surface area contributed by atoms with Gasteiger partial charge >= 0.3 is 0 Å². The first kappa shape index (κ1) is 19.4. The minimum absolute atomic E-state index is 0.309. The standard InChI is InChI=1S/C20H19ClN4O3/c1-3-28-16-7-5-15(6-8-16)24-19(26)13-11-22-20(23-12-13)25-17-10-14(21)4-9-18(17)27-2/h4-12H,3H2,1-2H3,(H,24,26)(H,22,23,25). The lowest BCUT2D eigenvalue weighted by molar-refractivity contribution is 0.102. The van der Waals surface area contributed by atoms with E-state index in [9.17, 15) is 4.79 Å². The average Bonchev–Trinajstić information content (AvgIpc) is 2.70. The molecule has 0 aliphatic heterocycles. The smallest absolute Gasteiger partial charge is 0.258 e. The average molecular weight is 399 g/mol. The Balaban J connectivity index is 1.66. The van der Waals surface area contributed by atoms with E-state index in [2.05, 4.69) is 20.6 Å². The van der Waals surface area contributed by atoms with Crippen molar-refractivity contribution in [2.75, 3.05) is 24.4 Å². The van der Waals surface area contributed by atoms with Crippen molar-refractivity contribution in [1.29, 1.82) is 0 Å². The van der Waals surface area contributed by atoms with Crippen LogP contribution in [0.2, 0.25) is 5.02 Å². The summed E-state index contributed by atoms with van der Waals surface area (Å²) in [6.07, 6.45) is 2.88. The number of carbonyl (C=O) groups is 1. The van der Waals surface area contributed by atoms with Gasteiger partial charge in [0.1, 0.15) is 11.5 Å². The molecule has 0 aliphatic carbocycles. The number of hydrogen-bond acceptors (Lipinski definition) is 6. The van der Waals surface area contributed by atoms with Crippen LogP contribution >= 0.6 is 11.6 Å². The van der Waals surface area contributed by atoms with Gasteiger partial charge in [0.15, 0.2) is 0 Å². The highest BCUT2D eigenvalue weighted by atomic mass is 35.5. The molecule has 0 aliphatic rings. The minimum Gasteiger partial charge on any atom is -0.495 e. The maximum atomic E-state index is 12.4. The molecule has 1 amide bonds. The van der Waals surface area contributed by atoms with Crippen molar-refractivity contribution in [1.82, 2.24) is 9.97 Å². The Kier molecular flexibility index (Phi) is 6.29. The Morgan fingerprint density at radius 2 is 1.82 bits per heavy atom. The topological polar surface area (TPSA) is 85.4 Å². The molecule has 2 N–H and O–H groups in total. The van der Waals surface area contributed by atoms with Crippen molar-refractivity contribution in [3.63, 3.8) is 0 Å². The van der Waals surface area contributed by atoms with Gasteiger partial charge in [-0.3, -0.25) is 4.79 Å². The van der Waals surface area contributed by atoms with E-state index in [4.69, 9.17) is 21.1 Å². The molecule has 3 aromatic rings. The van der Waals surface area contributed by atoms with E-state index in [1.807, 2.05) is 6.92 Å². The summed E-state index contributed by atoms with van der Waals surface area (Å²) in [5, 5.41) is 6.36. The Labute approximate surface area is 167 Å². The summed E-state index contributed by atoms with van der Waals surface area (Å²) in [6.45, 7) is 2.50. The monoisotopic (exact) mass is 398 g/mol. The molecule has 144 valence electrons. The van der Waals surface area contributed by atoms with Gasteiger partial charge in [0.05, 0.1) is 25.0 Å². The van der Waals surface area contributed by atoms with E-state index in [1.54, 1.807) is 49.6 Å². The van der Waals surface area contributed by atoms with Crippen LogP contribution in [-0.4, -0.2) is 29.6 Å². The molecule has 0 unspecified atom stereocenters. The van der Waals surface area contributed by atoms with Gasteiger partial charge in [-0.05, 0) is 49.4 Å². The molecule has 1 aromatic heterocycles. The highest BCUT2D eigenvalue weighted by Gasteiger charge is 2.10. The Hall–Kier alpha value is -3.32. The van der Waals surface area contributed by atoms with Crippen LogP contribution in [0.1, 0.15) is 17.3 Å². The van der Waals surface area contributed by atoms with E-state index >= 15 is 0 Å². The molecule has 3 rings (SSSR count). The summed E-state index contributed by atoms with van der Waals surface area (Å²) in [4.78, 5) is 20.7. The van der Waals surface area contributed by atoms with Gasteiger partial charge in [0, 0.05) is 23.1 Å². The van der Waals surface area contributed by atoms with Crippen LogP contribution in [0, 0.1) is 0 Å². The molecule has 8 heteroatoms. The lowest BCUT2D eigenvalue weighted by Gasteiger charge is -2.10. The molecular weight excluding hydrogens is 380 g/mol. The molecule has 0 fully saturated rings. The fraction of sp³-hybridized carbons (Fsp3) is 0.150. The third-order valence-corrected chi connectivity index (χ3v) is 3.98. The summed E-state index contributed by atoms with van der Waals surface area (Å²) in [5.74, 6) is 1.36. The minimum atomic E-state index is -0.309. The van der Waals surface area contributed by atoms with Crippen molar-refractivity contribution < 1.29 is 14.3 Å². The molecule has 0 radical (unpaired) electrons. The number of benzene rings is 2. The fourth-order valence-corrected chi connectivity index (χ4v) is 2.58. The number of methoxy groups -OCH3 is 1. The normalized spacial score (nSPS) is 10.2. The first-order valence-electron chi connectivity index (χ1n) is 8.56. The molecule has 2 aromatic carbocycles. The van der Waals surface area contributed by atoms with Gasteiger partial charge in [-0.15, -0.1) is 0 Å². The summed E-state index contributed by atoms with van der Waals surface area (Å²) < 4.78 is 10.7. The van der Waals surface area contributed by atoms with Crippen molar-refractivity contribution in [3.05, 3.63) is 65.4 Å². The zero-order chi connectivity index (χ0) is 19.9. The van der Waals surface area contributed by atoms with Crippen LogP contribution in [0.15, 0.2) is 54.9 Å². The Bertz CT molecular complexity index is 947. The largest absolute Gasteiger partial charge is 0.495 e. The highest BCUT2D eigenvalue weighted by molar-refractivity contribution is 6.31. The number of hydrogen-bond donors (Lipinski definition) is 2. The number of rotatable bonds is 7. The number of aromatic nitrogens is 2. The van der Waals surface area contributed by atoms with Crippen molar-refractivity contribution in [2.45, 2.75) is 6.92 Å². The molecule has 0 saturated carbocycles. The van der Waals surface area contributed by atoms with Gasteiger partial charge in [-0.2, -0.15) is 0 Å². The molecule has 7 nitrogen and oxygen atoms in total. The zero-order valence-electron chi connectivity index (χ0n) is 15.4. The lowest BCUT2D eigenvalue weighted by Crippen LogP contribution is -2.13. The first-order chi connectivity index (χ1) is 13.6. The number of amides is 1. The second kappa shape index (κ2) is 9.05. The number of halogens is 1. The van der Waals surface area contributed by atoms with E-state index in [-0.39, 0.29) is 5.91 Å².